The Kier molecular flexibility index (Phi) is 1.84. The van der Waals surface area contributed by atoms with Crippen LogP contribution in [0.25, 0.3) is 0 Å². The van der Waals surface area contributed by atoms with E-state index in [4.69, 9.17) is 4.74 Å². The number of hydrogen-bond donors (Lipinski definition) is 0. The number of rotatable bonds is 0. The Labute approximate surface area is 62.4 Å². The van der Waals surface area contributed by atoms with Crippen molar-refractivity contribution >= 4 is 0 Å². The predicted octanol–water partition coefficient (Wildman–Crippen LogP) is 2.50. The second kappa shape index (κ2) is 2.49. The van der Waals surface area contributed by atoms with E-state index in [9.17, 15) is 0 Å². The molecule has 0 radical (unpaired) electrons. The third-order valence-electron chi connectivity index (χ3n) is 1.55. The van der Waals surface area contributed by atoms with Gasteiger partial charge in [0.05, 0.1) is 6.26 Å². The topological polar surface area (TPSA) is 9.23 Å². The molecule has 0 amide bonds. The van der Waals surface area contributed by atoms with Crippen LogP contribution in [0.3, 0.4) is 0 Å². The Morgan fingerprint density at radius 3 is 2.20 bits per heavy atom. The fourth-order valence-corrected chi connectivity index (χ4v) is 0.879. The van der Waals surface area contributed by atoms with E-state index in [1.807, 2.05) is 12.2 Å². The predicted molar refractivity (Wildman–Crippen MR) is 42.6 cm³/mol. The fourth-order valence-electron chi connectivity index (χ4n) is 0.879. The van der Waals surface area contributed by atoms with E-state index in [1.165, 1.54) is 0 Å². The summed E-state index contributed by atoms with van der Waals surface area (Å²) >= 11 is 0. The molecule has 0 aliphatic carbocycles. The van der Waals surface area contributed by atoms with Crippen molar-refractivity contribution in [2.24, 2.45) is 5.41 Å². The average molecular weight is 138 g/mol. The molecule has 0 aromatic carbocycles. The molecule has 0 aromatic heterocycles. The molecule has 0 aromatic rings. The minimum Gasteiger partial charge on any atom is -0.493 e. The number of allylic oxidation sites excluding steroid dienone is 2. The minimum atomic E-state index is 0.210. The van der Waals surface area contributed by atoms with Gasteiger partial charge in [0.2, 0.25) is 0 Å². The second-order valence-corrected chi connectivity index (χ2v) is 3.64. The lowest BCUT2D eigenvalue weighted by Crippen LogP contribution is -2.26. The molecule has 56 valence electrons. The van der Waals surface area contributed by atoms with Crippen LogP contribution in [0.2, 0.25) is 0 Å². The summed E-state index contributed by atoms with van der Waals surface area (Å²) in [5.41, 5.74) is 0.210. The quantitative estimate of drug-likeness (QED) is 0.499. The van der Waals surface area contributed by atoms with Crippen molar-refractivity contribution in [1.29, 1.82) is 0 Å². The first kappa shape index (κ1) is 7.39. The first-order valence-corrected chi connectivity index (χ1v) is 3.59. The van der Waals surface area contributed by atoms with E-state index in [0.29, 0.717) is 0 Å². The van der Waals surface area contributed by atoms with Crippen LogP contribution in [-0.2, 0) is 4.74 Å². The summed E-state index contributed by atoms with van der Waals surface area (Å²) in [6, 6.07) is 0. The second-order valence-electron chi connectivity index (χ2n) is 3.64. The van der Waals surface area contributed by atoms with Crippen LogP contribution in [-0.4, -0.2) is 6.10 Å². The molecule has 1 nitrogen and oxygen atoms in total. The average Bonchev–Trinajstić information content (AvgIpc) is 1.88. The minimum absolute atomic E-state index is 0.210. The zero-order chi connectivity index (χ0) is 7.61. The van der Waals surface area contributed by atoms with Gasteiger partial charge in [0.1, 0.15) is 6.10 Å². The van der Waals surface area contributed by atoms with Gasteiger partial charge in [-0.3, -0.25) is 0 Å². The van der Waals surface area contributed by atoms with E-state index in [-0.39, 0.29) is 11.5 Å². The Morgan fingerprint density at radius 1 is 1.20 bits per heavy atom. The molecule has 0 saturated heterocycles. The maximum Gasteiger partial charge on any atom is 0.121 e. The van der Waals surface area contributed by atoms with Gasteiger partial charge >= 0.3 is 0 Å². The van der Waals surface area contributed by atoms with Crippen LogP contribution in [0, 0.1) is 5.41 Å². The van der Waals surface area contributed by atoms with Crippen molar-refractivity contribution in [3.05, 3.63) is 24.5 Å². The molecule has 0 fully saturated rings. The first-order valence-electron chi connectivity index (χ1n) is 3.59. The van der Waals surface area contributed by atoms with Gasteiger partial charge in [0.15, 0.2) is 0 Å². The molecule has 1 atom stereocenters. The van der Waals surface area contributed by atoms with E-state index >= 15 is 0 Å². The summed E-state index contributed by atoms with van der Waals surface area (Å²) in [7, 11) is 0. The lowest BCUT2D eigenvalue weighted by molar-refractivity contribution is 0.0823. The SMILES string of the molecule is CC(C)(C)C1C=CC=CO1. The van der Waals surface area contributed by atoms with E-state index in [1.54, 1.807) is 6.26 Å². The van der Waals surface area contributed by atoms with Crippen molar-refractivity contribution in [3.63, 3.8) is 0 Å². The summed E-state index contributed by atoms with van der Waals surface area (Å²) in [6.45, 7) is 6.50. The van der Waals surface area contributed by atoms with Gasteiger partial charge in [0, 0.05) is 5.41 Å². The number of ether oxygens (including phenoxy) is 1. The Hall–Kier alpha value is -0.720. The summed E-state index contributed by atoms with van der Waals surface area (Å²) in [5, 5.41) is 0. The summed E-state index contributed by atoms with van der Waals surface area (Å²) in [5.74, 6) is 0. The smallest absolute Gasteiger partial charge is 0.121 e. The van der Waals surface area contributed by atoms with Crippen LogP contribution in [0.1, 0.15) is 20.8 Å². The van der Waals surface area contributed by atoms with Crippen molar-refractivity contribution in [2.75, 3.05) is 0 Å². The highest BCUT2D eigenvalue weighted by Crippen LogP contribution is 2.24. The molecule has 1 heterocycles. The molecule has 0 bridgehead atoms. The lowest BCUT2D eigenvalue weighted by atomic mass is 9.88. The van der Waals surface area contributed by atoms with Crippen LogP contribution in [0.15, 0.2) is 24.5 Å². The van der Waals surface area contributed by atoms with Gasteiger partial charge in [-0.2, -0.15) is 0 Å². The Bertz CT molecular complexity index is 160. The van der Waals surface area contributed by atoms with E-state index < -0.39 is 0 Å². The standard InChI is InChI=1S/C9H14O/c1-9(2,3)8-6-4-5-7-10-8/h4-8H,1-3H3. The molecule has 1 aliphatic heterocycles. The lowest BCUT2D eigenvalue weighted by Gasteiger charge is -2.28. The van der Waals surface area contributed by atoms with Crippen molar-refractivity contribution in [2.45, 2.75) is 26.9 Å². The molecule has 10 heavy (non-hydrogen) atoms. The molecule has 1 aliphatic rings. The van der Waals surface area contributed by atoms with E-state index in [0.717, 1.165) is 0 Å². The Balaban J connectivity index is 2.60. The van der Waals surface area contributed by atoms with Gasteiger partial charge in [-0.1, -0.05) is 26.8 Å². The van der Waals surface area contributed by atoms with Crippen LogP contribution < -0.4 is 0 Å². The van der Waals surface area contributed by atoms with Crippen molar-refractivity contribution in [3.8, 4) is 0 Å². The highest BCUT2D eigenvalue weighted by molar-refractivity contribution is 5.09. The molecular weight excluding hydrogens is 124 g/mol. The van der Waals surface area contributed by atoms with Gasteiger partial charge < -0.3 is 4.74 Å². The third kappa shape index (κ3) is 1.63. The Morgan fingerprint density at radius 2 is 1.90 bits per heavy atom. The summed E-state index contributed by atoms with van der Waals surface area (Å²) < 4.78 is 5.38. The maximum atomic E-state index is 5.38. The van der Waals surface area contributed by atoms with Gasteiger partial charge in [-0.25, -0.2) is 0 Å². The zero-order valence-electron chi connectivity index (χ0n) is 6.79. The molecular formula is C9H14O. The van der Waals surface area contributed by atoms with Crippen LogP contribution in [0.5, 0.6) is 0 Å². The molecule has 0 saturated carbocycles. The van der Waals surface area contributed by atoms with Crippen molar-refractivity contribution in [1.82, 2.24) is 0 Å². The summed E-state index contributed by atoms with van der Waals surface area (Å²) in [4.78, 5) is 0. The number of hydrogen-bond acceptors (Lipinski definition) is 1. The maximum absolute atomic E-state index is 5.38. The zero-order valence-corrected chi connectivity index (χ0v) is 6.79. The highest BCUT2D eigenvalue weighted by Gasteiger charge is 2.23. The normalized spacial score (nSPS) is 24.5. The molecule has 1 heteroatoms. The van der Waals surface area contributed by atoms with Gasteiger partial charge in [-0.15, -0.1) is 0 Å². The molecule has 0 spiro atoms. The highest BCUT2D eigenvalue weighted by atomic mass is 16.5. The first-order chi connectivity index (χ1) is 4.61. The van der Waals surface area contributed by atoms with Gasteiger partial charge in [-0.05, 0) is 12.2 Å². The van der Waals surface area contributed by atoms with E-state index in [2.05, 4.69) is 26.8 Å². The van der Waals surface area contributed by atoms with Gasteiger partial charge in [0.25, 0.3) is 0 Å². The fraction of sp³-hybridized carbons (Fsp3) is 0.556. The van der Waals surface area contributed by atoms with Crippen LogP contribution >= 0.6 is 0 Å². The largest absolute Gasteiger partial charge is 0.493 e. The molecule has 1 rings (SSSR count). The monoisotopic (exact) mass is 138 g/mol. The summed E-state index contributed by atoms with van der Waals surface area (Å²) in [6.07, 6.45) is 8.00. The van der Waals surface area contributed by atoms with Crippen molar-refractivity contribution < 1.29 is 4.74 Å². The molecule has 1 unspecified atom stereocenters. The molecule has 0 N–H and O–H groups in total. The van der Waals surface area contributed by atoms with Crippen LogP contribution in [0.4, 0.5) is 0 Å². The third-order valence-corrected chi connectivity index (χ3v) is 1.55.